The lowest BCUT2D eigenvalue weighted by Gasteiger charge is -2.01. The molecule has 0 aliphatic heterocycles. The molecule has 8 heteroatoms. The summed E-state index contributed by atoms with van der Waals surface area (Å²) < 4.78 is 1.02. The first-order chi connectivity index (χ1) is 14.2. The van der Waals surface area contributed by atoms with Gasteiger partial charge in [-0.2, -0.15) is 10.5 Å². The van der Waals surface area contributed by atoms with E-state index in [0.717, 1.165) is 24.4 Å². The maximum Gasteiger partial charge on any atom is 0.194 e. The number of thiophene rings is 1. The van der Waals surface area contributed by atoms with Crippen molar-refractivity contribution in [2.45, 2.75) is 0 Å². The molecule has 1 aromatic carbocycles. The summed E-state index contributed by atoms with van der Waals surface area (Å²) in [5.41, 5.74) is 1.86. The normalized spacial score (nSPS) is 14.2. The molecule has 5 nitrogen and oxygen atoms in total. The Morgan fingerprint density at radius 3 is 2.55 bits per heavy atom. The topological polar surface area (TPSA) is 90.4 Å². The summed E-state index contributed by atoms with van der Waals surface area (Å²) in [5, 5.41) is 22.5. The molecule has 0 amide bonds. The van der Waals surface area contributed by atoms with E-state index in [1.54, 1.807) is 59.2 Å². The molecule has 1 aliphatic carbocycles. The Labute approximate surface area is 177 Å². The SMILES string of the molecule is N#CC(C#N)=C1/C(=C/c2cc3sc(-c4nccs4)nc3s2)C(=O)c2ccccc21. The highest BCUT2D eigenvalue weighted by atomic mass is 32.1. The lowest BCUT2D eigenvalue weighted by atomic mass is 9.99. The van der Waals surface area contributed by atoms with Gasteiger partial charge in [0.15, 0.2) is 15.8 Å². The third-order valence-corrected chi connectivity index (χ3v) is 7.46. The molecular formula is C21H8N4OS3. The van der Waals surface area contributed by atoms with Crippen molar-refractivity contribution < 1.29 is 4.79 Å². The van der Waals surface area contributed by atoms with Crippen molar-refractivity contribution in [1.29, 1.82) is 10.5 Å². The van der Waals surface area contributed by atoms with Crippen LogP contribution in [0, 0.1) is 22.7 Å². The largest absolute Gasteiger partial charge is 0.289 e. The molecule has 0 spiro atoms. The molecule has 1 aliphatic rings. The number of thiazole rings is 2. The van der Waals surface area contributed by atoms with Gasteiger partial charge in [0.25, 0.3) is 0 Å². The van der Waals surface area contributed by atoms with Crippen molar-refractivity contribution in [3.63, 3.8) is 0 Å². The van der Waals surface area contributed by atoms with Crippen molar-refractivity contribution in [3.8, 4) is 22.2 Å². The first kappa shape index (κ1) is 17.7. The first-order valence-electron chi connectivity index (χ1n) is 8.40. The highest BCUT2D eigenvalue weighted by Crippen LogP contribution is 2.42. The summed E-state index contributed by atoms with van der Waals surface area (Å²) in [6.45, 7) is 0. The summed E-state index contributed by atoms with van der Waals surface area (Å²) in [6.07, 6.45) is 3.51. The number of aromatic nitrogens is 2. The van der Waals surface area contributed by atoms with E-state index in [1.807, 2.05) is 23.6 Å². The van der Waals surface area contributed by atoms with Gasteiger partial charge in [0.1, 0.15) is 22.5 Å². The van der Waals surface area contributed by atoms with E-state index in [0.29, 0.717) is 22.3 Å². The summed E-state index contributed by atoms with van der Waals surface area (Å²) in [4.78, 5) is 23.7. The average molecular weight is 429 g/mol. The molecule has 3 aromatic heterocycles. The van der Waals surface area contributed by atoms with E-state index in [1.165, 1.54) is 11.3 Å². The standard InChI is InChI=1S/C21H8N4OS3/c22-9-11(10-23)17-13-3-1-2-4-14(13)18(26)15(17)7-12-8-16-19(28-12)25-21(29-16)20-24-5-6-27-20/h1-8H/b15-7-. The minimum atomic E-state index is -0.174. The Morgan fingerprint density at radius 2 is 1.86 bits per heavy atom. The molecule has 4 aromatic rings. The predicted octanol–water partition coefficient (Wildman–Crippen LogP) is 5.56. The van der Waals surface area contributed by atoms with E-state index in [2.05, 4.69) is 9.97 Å². The molecule has 0 N–H and O–H groups in total. The van der Waals surface area contributed by atoms with Gasteiger partial charge in [-0.3, -0.25) is 4.79 Å². The van der Waals surface area contributed by atoms with Crippen LogP contribution in [-0.2, 0) is 0 Å². The number of hydrogen-bond donors (Lipinski definition) is 0. The van der Waals surface area contributed by atoms with Gasteiger partial charge >= 0.3 is 0 Å². The number of allylic oxidation sites excluding steroid dienone is 3. The van der Waals surface area contributed by atoms with E-state index in [4.69, 9.17) is 0 Å². The fourth-order valence-electron chi connectivity index (χ4n) is 3.23. The van der Waals surface area contributed by atoms with E-state index in [9.17, 15) is 15.3 Å². The van der Waals surface area contributed by atoms with Gasteiger partial charge in [0, 0.05) is 33.2 Å². The molecule has 0 atom stereocenters. The molecule has 0 fully saturated rings. The zero-order valence-electron chi connectivity index (χ0n) is 14.5. The van der Waals surface area contributed by atoms with Crippen LogP contribution >= 0.6 is 34.0 Å². The van der Waals surface area contributed by atoms with Crippen molar-refractivity contribution in [1.82, 2.24) is 9.97 Å². The Balaban J connectivity index is 1.63. The van der Waals surface area contributed by atoms with Crippen LogP contribution in [0.3, 0.4) is 0 Å². The van der Waals surface area contributed by atoms with Crippen molar-refractivity contribution in [2.75, 3.05) is 0 Å². The lowest BCUT2D eigenvalue weighted by molar-refractivity contribution is 0.104. The minimum absolute atomic E-state index is 0.0582. The van der Waals surface area contributed by atoms with Crippen molar-refractivity contribution >= 4 is 61.0 Å². The highest BCUT2D eigenvalue weighted by Gasteiger charge is 2.32. The van der Waals surface area contributed by atoms with Crippen LogP contribution in [0.4, 0.5) is 0 Å². The van der Waals surface area contributed by atoms with E-state index >= 15 is 0 Å². The summed E-state index contributed by atoms with van der Waals surface area (Å²) in [7, 11) is 0. The van der Waals surface area contributed by atoms with Gasteiger partial charge < -0.3 is 0 Å². The second-order valence-corrected chi connectivity index (χ2v) is 9.07. The van der Waals surface area contributed by atoms with E-state index in [-0.39, 0.29) is 11.4 Å². The molecule has 0 unspecified atom stereocenters. The zero-order chi connectivity index (χ0) is 20.0. The fourth-order valence-corrected chi connectivity index (χ4v) is 6.08. The Kier molecular flexibility index (Phi) is 4.18. The molecule has 136 valence electrons. The number of Topliss-reactive ketones (excluding diaryl/α,β-unsaturated/α-hetero) is 1. The molecule has 0 bridgehead atoms. The molecule has 5 rings (SSSR count). The van der Waals surface area contributed by atoms with Crippen LogP contribution < -0.4 is 0 Å². The summed E-state index contributed by atoms with van der Waals surface area (Å²) in [5.74, 6) is -0.174. The van der Waals surface area contributed by atoms with Crippen molar-refractivity contribution in [2.24, 2.45) is 0 Å². The smallest absolute Gasteiger partial charge is 0.194 e. The van der Waals surface area contributed by atoms with Gasteiger partial charge in [0.05, 0.1) is 4.70 Å². The average Bonchev–Trinajstić information content (AvgIpc) is 3.49. The Hall–Kier alpha value is -3.43. The van der Waals surface area contributed by atoms with Crippen LogP contribution in [0.25, 0.3) is 31.2 Å². The quantitative estimate of drug-likeness (QED) is 0.308. The number of rotatable bonds is 2. The molecule has 0 saturated heterocycles. The maximum absolute atomic E-state index is 13.0. The van der Waals surface area contributed by atoms with Crippen molar-refractivity contribution in [3.05, 3.63) is 69.1 Å². The number of carbonyl (C=O) groups is 1. The number of nitrogens with zero attached hydrogens (tertiary/aromatic N) is 4. The number of ketones is 1. The lowest BCUT2D eigenvalue weighted by Crippen LogP contribution is -1.95. The van der Waals surface area contributed by atoms with E-state index < -0.39 is 0 Å². The summed E-state index contributed by atoms with van der Waals surface area (Å²) in [6, 6.07) is 12.9. The fraction of sp³-hybridized carbons (Fsp3) is 0. The maximum atomic E-state index is 13.0. The molecule has 29 heavy (non-hydrogen) atoms. The van der Waals surface area contributed by atoms with Crippen LogP contribution in [0.2, 0.25) is 0 Å². The zero-order valence-corrected chi connectivity index (χ0v) is 17.0. The molecular weight excluding hydrogens is 420 g/mol. The molecule has 3 heterocycles. The number of hydrogen-bond acceptors (Lipinski definition) is 8. The second-order valence-electron chi connectivity index (χ2n) is 6.08. The first-order valence-corrected chi connectivity index (χ1v) is 10.9. The van der Waals surface area contributed by atoms with Gasteiger partial charge in [-0.25, -0.2) is 9.97 Å². The highest BCUT2D eigenvalue weighted by molar-refractivity contribution is 7.30. The molecule has 0 saturated carbocycles. The second kappa shape index (κ2) is 6.87. The third-order valence-electron chi connectivity index (χ3n) is 4.44. The Morgan fingerprint density at radius 1 is 1.07 bits per heavy atom. The van der Waals surface area contributed by atoms with Crippen LogP contribution in [0.5, 0.6) is 0 Å². The minimum Gasteiger partial charge on any atom is -0.289 e. The van der Waals surface area contributed by atoms with Crippen LogP contribution in [-0.4, -0.2) is 15.8 Å². The third kappa shape index (κ3) is 2.82. The predicted molar refractivity (Wildman–Crippen MR) is 116 cm³/mol. The van der Waals surface area contributed by atoms with Gasteiger partial charge in [-0.15, -0.1) is 34.0 Å². The molecule has 0 radical (unpaired) electrons. The van der Waals surface area contributed by atoms with Crippen LogP contribution in [0.15, 0.2) is 53.1 Å². The number of benzene rings is 1. The van der Waals surface area contributed by atoms with Gasteiger partial charge in [-0.05, 0) is 17.7 Å². The monoisotopic (exact) mass is 428 g/mol. The Bertz CT molecular complexity index is 1390. The number of nitriles is 2. The summed E-state index contributed by atoms with van der Waals surface area (Å²) >= 11 is 4.57. The number of carbonyl (C=O) groups excluding carboxylic acids is 1. The van der Waals surface area contributed by atoms with Gasteiger partial charge in [0.2, 0.25) is 0 Å². The number of fused-ring (bicyclic) bond motifs is 2. The van der Waals surface area contributed by atoms with Gasteiger partial charge in [-0.1, -0.05) is 24.3 Å². The van der Waals surface area contributed by atoms with Crippen LogP contribution in [0.1, 0.15) is 20.8 Å².